The fraction of sp³-hybridized carbons (Fsp3) is 0.222. The van der Waals surface area contributed by atoms with Gasteiger partial charge in [0.1, 0.15) is 11.0 Å². The molecule has 0 fully saturated rings. The summed E-state index contributed by atoms with van der Waals surface area (Å²) in [5, 5.41) is 2.20. The molecule has 5 rings (SSSR count). The van der Waals surface area contributed by atoms with Gasteiger partial charge < -0.3 is 0 Å². The van der Waals surface area contributed by atoms with E-state index in [4.69, 9.17) is 9.97 Å². The van der Waals surface area contributed by atoms with Gasteiger partial charge in [0.25, 0.3) is 0 Å². The first-order valence-electron chi connectivity index (χ1n) is 7.73. The van der Waals surface area contributed by atoms with Gasteiger partial charge in [-0.05, 0) is 37.8 Å². The number of pyridine rings is 2. The molecule has 0 atom stereocenters. The number of fused-ring (bicyclic) bond motifs is 7. The second kappa shape index (κ2) is 4.44. The lowest BCUT2D eigenvalue weighted by molar-refractivity contribution is 0.655. The second-order valence-corrected chi connectivity index (χ2v) is 5.82. The Hall–Kier alpha value is -2.62. The van der Waals surface area contributed by atoms with Crippen molar-refractivity contribution in [1.29, 1.82) is 0 Å². The highest BCUT2D eigenvalue weighted by molar-refractivity contribution is 6.20. The zero-order valence-corrected chi connectivity index (χ0v) is 12.1. The minimum atomic E-state index is 0.891. The predicted molar refractivity (Wildman–Crippen MR) is 86.8 cm³/mol. The Morgan fingerprint density at radius 2 is 1.14 bits per heavy atom. The molecule has 106 valence electrons. The third kappa shape index (κ3) is 1.58. The van der Waals surface area contributed by atoms with Crippen LogP contribution in [-0.2, 0) is 12.8 Å². The van der Waals surface area contributed by atoms with Crippen LogP contribution in [0.1, 0.15) is 24.2 Å². The van der Waals surface area contributed by atoms with Gasteiger partial charge in [-0.2, -0.15) is 0 Å². The Bertz CT molecular complexity index is 955. The number of aromatic nitrogens is 4. The molecule has 0 amide bonds. The van der Waals surface area contributed by atoms with Gasteiger partial charge in [0.05, 0.1) is 22.4 Å². The van der Waals surface area contributed by atoms with Crippen LogP contribution < -0.4 is 0 Å². The molecule has 0 radical (unpaired) electrons. The van der Waals surface area contributed by atoms with Crippen LogP contribution in [0.15, 0.2) is 36.7 Å². The van der Waals surface area contributed by atoms with Gasteiger partial charge in [-0.15, -0.1) is 0 Å². The highest BCUT2D eigenvalue weighted by Gasteiger charge is 2.18. The average Bonchev–Trinajstić information content (AvgIpc) is 2.61. The monoisotopic (exact) mass is 286 g/mol. The van der Waals surface area contributed by atoms with Gasteiger partial charge in [-0.3, -0.25) is 9.97 Å². The standard InChI is InChI=1S/C18H14N4/c1-2-8-14-13(7-1)21-17-15-11(5-3-9-19-15)12-6-4-10-20-16(12)18(17)22-14/h3-6,9-10H,1-2,7-8H2. The van der Waals surface area contributed by atoms with Crippen LogP contribution in [0.4, 0.5) is 0 Å². The van der Waals surface area contributed by atoms with Crippen LogP contribution in [0.25, 0.3) is 32.8 Å². The van der Waals surface area contributed by atoms with Crippen LogP contribution in [0.3, 0.4) is 0 Å². The van der Waals surface area contributed by atoms with Crippen molar-refractivity contribution in [2.24, 2.45) is 0 Å². The molecule has 4 heteroatoms. The maximum atomic E-state index is 4.93. The van der Waals surface area contributed by atoms with Gasteiger partial charge in [0.15, 0.2) is 0 Å². The van der Waals surface area contributed by atoms with E-state index < -0.39 is 0 Å². The van der Waals surface area contributed by atoms with Crippen LogP contribution >= 0.6 is 0 Å². The summed E-state index contributed by atoms with van der Waals surface area (Å²) in [6, 6.07) is 8.11. The molecule has 0 spiro atoms. The van der Waals surface area contributed by atoms with E-state index in [2.05, 4.69) is 22.1 Å². The smallest absolute Gasteiger partial charge is 0.117 e. The highest BCUT2D eigenvalue weighted by Crippen LogP contribution is 2.32. The SMILES string of the molecule is c1cnc2c(c1)c1cccnc1c1nc3c(nc21)CCCC3. The molecule has 3 aromatic heterocycles. The van der Waals surface area contributed by atoms with E-state index in [0.29, 0.717) is 0 Å². The summed E-state index contributed by atoms with van der Waals surface area (Å²) < 4.78 is 0. The maximum absolute atomic E-state index is 4.93. The summed E-state index contributed by atoms with van der Waals surface area (Å²) in [6.45, 7) is 0. The quantitative estimate of drug-likeness (QED) is 0.463. The van der Waals surface area contributed by atoms with Crippen molar-refractivity contribution in [2.45, 2.75) is 25.7 Å². The van der Waals surface area contributed by atoms with E-state index in [1.165, 1.54) is 12.8 Å². The lowest BCUT2D eigenvalue weighted by atomic mass is 9.99. The van der Waals surface area contributed by atoms with Crippen LogP contribution in [0.5, 0.6) is 0 Å². The number of hydrogen-bond donors (Lipinski definition) is 0. The molecule has 4 aromatic rings. The van der Waals surface area contributed by atoms with Crippen molar-refractivity contribution >= 4 is 32.8 Å². The minimum Gasteiger partial charge on any atom is -0.254 e. The largest absolute Gasteiger partial charge is 0.254 e. The van der Waals surface area contributed by atoms with E-state index >= 15 is 0 Å². The third-order valence-corrected chi connectivity index (χ3v) is 4.48. The molecule has 1 aromatic carbocycles. The number of rotatable bonds is 0. The fourth-order valence-corrected chi connectivity index (χ4v) is 3.44. The third-order valence-electron chi connectivity index (χ3n) is 4.48. The highest BCUT2D eigenvalue weighted by atomic mass is 14.9. The van der Waals surface area contributed by atoms with Crippen LogP contribution in [-0.4, -0.2) is 19.9 Å². The average molecular weight is 286 g/mol. The van der Waals surface area contributed by atoms with Gasteiger partial charge in [0.2, 0.25) is 0 Å². The second-order valence-electron chi connectivity index (χ2n) is 5.82. The zero-order chi connectivity index (χ0) is 14.5. The predicted octanol–water partition coefficient (Wildman–Crippen LogP) is 3.61. The molecule has 1 aliphatic carbocycles. The Labute approximate surface area is 127 Å². The first-order valence-corrected chi connectivity index (χ1v) is 7.73. The van der Waals surface area contributed by atoms with E-state index in [0.717, 1.165) is 57.1 Å². The molecule has 0 saturated carbocycles. The fourth-order valence-electron chi connectivity index (χ4n) is 3.44. The summed E-state index contributed by atoms with van der Waals surface area (Å²) in [4.78, 5) is 19.0. The van der Waals surface area contributed by atoms with E-state index in [-0.39, 0.29) is 0 Å². The molecular weight excluding hydrogens is 272 g/mol. The summed E-state index contributed by atoms with van der Waals surface area (Å²) in [5.74, 6) is 0. The number of hydrogen-bond acceptors (Lipinski definition) is 4. The molecule has 1 aliphatic rings. The zero-order valence-electron chi connectivity index (χ0n) is 12.1. The maximum Gasteiger partial charge on any atom is 0.117 e. The number of nitrogens with zero attached hydrogens (tertiary/aromatic N) is 4. The normalized spacial score (nSPS) is 14.5. The van der Waals surface area contributed by atoms with Crippen LogP contribution in [0, 0.1) is 0 Å². The summed E-state index contributed by atoms with van der Waals surface area (Å²) in [7, 11) is 0. The Kier molecular flexibility index (Phi) is 2.41. The van der Waals surface area contributed by atoms with Crippen molar-refractivity contribution in [1.82, 2.24) is 19.9 Å². The molecule has 0 aliphatic heterocycles. The minimum absolute atomic E-state index is 0.891. The van der Waals surface area contributed by atoms with E-state index in [1.54, 1.807) is 0 Å². The summed E-state index contributed by atoms with van der Waals surface area (Å²) in [6.07, 6.45) is 8.09. The van der Waals surface area contributed by atoms with Crippen LogP contribution in [0.2, 0.25) is 0 Å². The van der Waals surface area contributed by atoms with Crippen molar-refractivity contribution in [3.8, 4) is 0 Å². The molecular formula is C18H14N4. The molecule has 0 saturated heterocycles. The topological polar surface area (TPSA) is 51.6 Å². The Morgan fingerprint density at radius 1 is 0.636 bits per heavy atom. The number of aryl methyl sites for hydroxylation is 2. The lowest BCUT2D eigenvalue weighted by Gasteiger charge is -2.15. The molecule has 3 heterocycles. The molecule has 0 bridgehead atoms. The number of benzene rings is 1. The molecule has 0 N–H and O–H groups in total. The van der Waals surface area contributed by atoms with E-state index in [9.17, 15) is 0 Å². The van der Waals surface area contributed by atoms with E-state index in [1.807, 2.05) is 24.5 Å². The Balaban J connectivity index is 2.06. The van der Waals surface area contributed by atoms with Crippen molar-refractivity contribution in [3.05, 3.63) is 48.0 Å². The first-order chi connectivity index (χ1) is 10.9. The van der Waals surface area contributed by atoms with Gasteiger partial charge in [-0.25, -0.2) is 9.97 Å². The van der Waals surface area contributed by atoms with Gasteiger partial charge >= 0.3 is 0 Å². The Morgan fingerprint density at radius 3 is 1.64 bits per heavy atom. The van der Waals surface area contributed by atoms with Crippen molar-refractivity contribution < 1.29 is 0 Å². The molecule has 22 heavy (non-hydrogen) atoms. The lowest BCUT2D eigenvalue weighted by Crippen LogP contribution is -2.09. The van der Waals surface area contributed by atoms with Gasteiger partial charge in [-0.1, -0.05) is 12.1 Å². The molecule has 4 nitrogen and oxygen atoms in total. The van der Waals surface area contributed by atoms with Crippen molar-refractivity contribution in [2.75, 3.05) is 0 Å². The molecule has 0 unspecified atom stereocenters. The summed E-state index contributed by atoms with van der Waals surface area (Å²) in [5.41, 5.74) is 5.92. The summed E-state index contributed by atoms with van der Waals surface area (Å²) >= 11 is 0. The van der Waals surface area contributed by atoms with Gasteiger partial charge in [0, 0.05) is 23.2 Å². The first kappa shape index (κ1) is 12.0. The van der Waals surface area contributed by atoms with Crippen molar-refractivity contribution in [3.63, 3.8) is 0 Å².